The van der Waals surface area contributed by atoms with Gasteiger partial charge in [0.05, 0.1) is 6.04 Å². The first-order chi connectivity index (χ1) is 11.4. The van der Waals surface area contributed by atoms with Gasteiger partial charge in [-0.1, -0.05) is 31.2 Å². The molecular weight excluding hydrogens is 306 g/mol. The lowest BCUT2D eigenvalue weighted by atomic mass is 9.88. The minimum absolute atomic E-state index is 0.0548. The van der Waals surface area contributed by atoms with Crippen LogP contribution in [-0.2, 0) is 16.0 Å². The van der Waals surface area contributed by atoms with Crippen molar-refractivity contribution in [2.24, 2.45) is 0 Å². The average Bonchev–Trinajstić information content (AvgIpc) is 2.79. The molecule has 0 unspecified atom stereocenters. The third kappa shape index (κ3) is 2.88. The molecule has 2 atom stereocenters. The monoisotopic (exact) mass is 329 g/mol. The third-order valence-corrected chi connectivity index (χ3v) is 5.06. The lowest BCUT2D eigenvalue weighted by Gasteiger charge is -2.27. The third-order valence-electron chi connectivity index (χ3n) is 5.06. The van der Waals surface area contributed by atoms with Gasteiger partial charge < -0.3 is 10.6 Å². The number of aryl methyl sites for hydroxylation is 1. The van der Waals surface area contributed by atoms with Gasteiger partial charge in [0, 0.05) is 0 Å². The summed E-state index contributed by atoms with van der Waals surface area (Å²) in [6.07, 6.45) is 3.39. The predicted octanol–water partition coefficient (Wildman–Crippen LogP) is 1.90. The maximum Gasteiger partial charge on any atom is 0.325 e. The molecular formula is C18H23N3O3. The van der Waals surface area contributed by atoms with Crippen molar-refractivity contribution in [2.45, 2.75) is 51.1 Å². The largest absolute Gasteiger partial charge is 0.348 e. The fraction of sp³-hybridized carbons (Fsp3) is 0.500. The van der Waals surface area contributed by atoms with Crippen LogP contribution in [0.1, 0.15) is 50.3 Å². The number of rotatable bonds is 4. The molecule has 1 aliphatic carbocycles. The van der Waals surface area contributed by atoms with E-state index in [-0.39, 0.29) is 24.4 Å². The van der Waals surface area contributed by atoms with E-state index >= 15 is 0 Å². The zero-order valence-corrected chi connectivity index (χ0v) is 14.1. The molecule has 1 fully saturated rings. The van der Waals surface area contributed by atoms with Crippen molar-refractivity contribution in [2.75, 3.05) is 6.54 Å². The number of carbonyl (C=O) groups excluding carboxylic acids is 3. The van der Waals surface area contributed by atoms with E-state index in [4.69, 9.17) is 0 Å². The predicted molar refractivity (Wildman–Crippen MR) is 89.2 cm³/mol. The summed E-state index contributed by atoms with van der Waals surface area (Å²) in [6, 6.07) is 7.53. The first-order valence-corrected chi connectivity index (χ1v) is 8.46. The molecule has 0 spiro atoms. The molecule has 4 amide bonds. The van der Waals surface area contributed by atoms with Crippen LogP contribution in [0.4, 0.5) is 4.79 Å². The number of nitrogens with one attached hydrogen (secondary N) is 2. The van der Waals surface area contributed by atoms with Gasteiger partial charge >= 0.3 is 6.03 Å². The molecule has 0 bridgehead atoms. The highest BCUT2D eigenvalue weighted by molar-refractivity contribution is 6.08. The number of carbonyl (C=O) groups is 3. The fourth-order valence-corrected chi connectivity index (χ4v) is 3.42. The van der Waals surface area contributed by atoms with Crippen LogP contribution < -0.4 is 10.6 Å². The van der Waals surface area contributed by atoms with Gasteiger partial charge in [-0.25, -0.2) is 4.79 Å². The zero-order valence-electron chi connectivity index (χ0n) is 14.1. The summed E-state index contributed by atoms with van der Waals surface area (Å²) in [6.45, 7) is 3.28. The zero-order chi connectivity index (χ0) is 17.3. The summed E-state index contributed by atoms with van der Waals surface area (Å²) < 4.78 is 0. The van der Waals surface area contributed by atoms with Crippen LogP contribution in [0.5, 0.6) is 0 Å². The van der Waals surface area contributed by atoms with E-state index in [9.17, 15) is 14.4 Å². The lowest BCUT2D eigenvalue weighted by molar-refractivity contribution is -0.134. The second-order valence-electron chi connectivity index (χ2n) is 6.72. The minimum atomic E-state index is -0.908. The van der Waals surface area contributed by atoms with E-state index in [2.05, 4.69) is 16.7 Å². The van der Waals surface area contributed by atoms with Crippen molar-refractivity contribution in [1.82, 2.24) is 15.5 Å². The second-order valence-corrected chi connectivity index (χ2v) is 6.72. The standard InChI is InChI=1S/C18H23N3O3/c1-3-18(2)16(23)21(17(24)20-18)11-15(22)19-14-10-6-8-12-7-4-5-9-13(12)14/h4-5,7,9,14H,3,6,8,10-11H2,1-2H3,(H,19,22)(H,20,24)/t14-,18+/m1/s1. The van der Waals surface area contributed by atoms with Gasteiger partial charge in [0.15, 0.2) is 0 Å². The minimum Gasteiger partial charge on any atom is -0.348 e. The van der Waals surface area contributed by atoms with Crippen molar-refractivity contribution in [1.29, 1.82) is 0 Å². The average molecular weight is 329 g/mol. The van der Waals surface area contributed by atoms with Crippen molar-refractivity contribution < 1.29 is 14.4 Å². The number of urea groups is 1. The Labute approximate surface area is 141 Å². The summed E-state index contributed by atoms with van der Waals surface area (Å²) in [4.78, 5) is 37.7. The molecule has 1 saturated heterocycles. The number of hydrogen-bond donors (Lipinski definition) is 2. The van der Waals surface area contributed by atoms with Crippen LogP contribution in [0.25, 0.3) is 0 Å². The van der Waals surface area contributed by atoms with Crippen LogP contribution in [0.3, 0.4) is 0 Å². The van der Waals surface area contributed by atoms with E-state index in [0.717, 1.165) is 29.7 Å². The van der Waals surface area contributed by atoms with Gasteiger partial charge in [-0.05, 0) is 43.7 Å². The Bertz CT molecular complexity index is 688. The van der Waals surface area contributed by atoms with E-state index in [1.54, 1.807) is 6.92 Å². The molecule has 0 saturated carbocycles. The molecule has 1 aromatic rings. The molecule has 1 aromatic carbocycles. The molecule has 24 heavy (non-hydrogen) atoms. The van der Waals surface area contributed by atoms with E-state index < -0.39 is 11.6 Å². The highest BCUT2D eigenvalue weighted by Gasteiger charge is 2.47. The molecule has 1 aliphatic heterocycles. The second kappa shape index (κ2) is 6.26. The molecule has 6 heteroatoms. The van der Waals surface area contributed by atoms with Gasteiger partial charge in [-0.15, -0.1) is 0 Å². The number of imide groups is 1. The van der Waals surface area contributed by atoms with Crippen molar-refractivity contribution in [3.05, 3.63) is 35.4 Å². The topological polar surface area (TPSA) is 78.5 Å². The molecule has 2 N–H and O–H groups in total. The van der Waals surface area contributed by atoms with Crippen LogP contribution in [0.2, 0.25) is 0 Å². The van der Waals surface area contributed by atoms with E-state index in [1.807, 2.05) is 25.1 Å². The fourth-order valence-electron chi connectivity index (χ4n) is 3.42. The first kappa shape index (κ1) is 16.5. The number of benzene rings is 1. The SMILES string of the molecule is CC[C@]1(C)NC(=O)N(CC(=O)N[C@@H]2CCCc3ccccc32)C1=O. The van der Waals surface area contributed by atoms with E-state index in [1.165, 1.54) is 5.56 Å². The lowest BCUT2D eigenvalue weighted by Crippen LogP contribution is -2.45. The quantitative estimate of drug-likeness (QED) is 0.828. The Morgan fingerprint density at radius 1 is 1.38 bits per heavy atom. The highest BCUT2D eigenvalue weighted by atomic mass is 16.2. The Balaban J connectivity index is 1.67. The molecule has 6 nitrogen and oxygen atoms in total. The Morgan fingerprint density at radius 2 is 2.12 bits per heavy atom. The molecule has 2 aliphatic rings. The van der Waals surface area contributed by atoms with Crippen LogP contribution >= 0.6 is 0 Å². The van der Waals surface area contributed by atoms with Gasteiger partial charge in [-0.2, -0.15) is 0 Å². The van der Waals surface area contributed by atoms with Crippen LogP contribution in [0.15, 0.2) is 24.3 Å². The molecule has 0 aromatic heterocycles. The number of fused-ring (bicyclic) bond motifs is 1. The molecule has 0 radical (unpaired) electrons. The van der Waals surface area contributed by atoms with E-state index in [0.29, 0.717) is 6.42 Å². The highest BCUT2D eigenvalue weighted by Crippen LogP contribution is 2.29. The number of amides is 4. The number of hydrogen-bond acceptors (Lipinski definition) is 3. The molecule has 1 heterocycles. The van der Waals surface area contributed by atoms with Crippen molar-refractivity contribution >= 4 is 17.8 Å². The summed E-state index contributed by atoms with van der Waals surface area (Å²) in [5.74, 6) is -0.644. The maximum absolute atomic E-state index is 12.4. The van der Waals surface area contributed by atoms with Gasteiger partial charge in [0.2, 0.25) is 5.91 Å². The van der Waals surface area contributed by atoms with Crippen LogP contribution in [0, 0.1) is 0 Å². The number of nitrogens with zero attached hydrogens (tertiary/aromatic N) is 1. The van der Waals surface area contributed by atoms with Gasteiger partial charge in [0.1, 0.15) is 12.1 Å². The Kier molecular flexibility index (Phi) is 4.30. The summed E-state index contributed by atoms with van der Waals surface area (Å²) in [7, 11) is 0. The normalized spacial score (nSPS) is 26.1. The smallest absolute Gasteiger partial charge is 0.325 e. The summed E-state index contributed by atoms with van der Waals surface area (Å²) in [5.41, 5.74) is 1.48. The summed E-state index contributed by atoms with van der Waals surface area (Å²) >= 11 is 0. The van der Waals surface area contributed by atoms with Crippen molar-refractivity contribution in [3.8, 4) is 0 Å². The Hall–Kier alpha value is -2.37. The molecule has 3 rings (SSSR count). The molecule has 128 valence electrons. The first-order valence-electron chi connectivity index (χ1n) is 8.46. The summed E-state index contributed by atoms with van der Waals surface area (Å²) in [5, 5.41) is 5.64. The van der Waals surface area contributed by atoms with Crippen LogP contribution in [-0.4, -0.2) is 34.8 Å². The van der Waals surface area contributed by atoms with Crippen molar-refractivity contribution in [3.63, 3.8) is 0 Å². The van der Waals surface area contributed by atoms with Gasteiger partial charge in [0.25, 0.3) is 5.91 Å². The Morgan fingerprint density at radius 3 is 2.83 bits per heavy atom. The van der Waals surface area contributed by atoms with Gasteiger partial charge in [-0.3, -0.25) is 14.5 Å². The maximum atomic E-state index is 12.4.